The lowest BCUT2D eigenvalue weighted by Gasteiger charge is -2.28. The number of nitrogens with two attached hydrogens (primary N) is 1. The summed E-state index contributed by atoms with van der Waals surface area (Å²) in [6.07, 6.45) is 6.30. The van der Waals surface area contributed by atoms with Gasteiger partial charge in [-0.15, -0.1) is 0 Å². The van der Waals surface area contributed by atoms with Crippen molar-refractivity contribution in [2.24, 2.45) is 5.73 Å². The minimum Gasteiger partial charge on any atom is -0.353 e. The Kier molecular flexibility index (Phi) is 4.28. The van der Waals surface area contributed by atoms with Crippen LogP contribution in [-0.2, 0) is 0 Å². The quantitative estimate of drug-likeness (QED) is 0.802. The van der Waals surface area contributed by atoms with E-state index < -0.39 is 0 Å². The highest BCUT2D eigenvalue weighted by Gasteiger charge is 2.18. The topological polar surface area (TPSA) is 67.1 Å². The molecule has 1 aliphatic rings. The molecular weight excluding hydrogens is 214 g/mol. The maximum atomic E-state index is 5.41. The monoisotopic (exact) mass is 235 g/mol. The molecule has 2 heterocycles. The molecule has 17 heavy (non-hydrogen) atoms. The second kappa shape index (κ2) is 5.93. The minimum absolute atomic E-state index is 0.597. The number of hydrogen-bond donors (Lipinski definition) is 2. The van der Waals surface area contributed by atoms with Crippen LogP contribution in [0.15, 0.2) is 12.4 Å². The van der Waals surface area contributed by atoms with Crippen molar-refractivity contribution < 1.29 is 0 Å². The number of piperidine rings is 1. The van der Waals surface area contributed by atoms with Crippen LogP contribution in [0.5, 0.6) is 0 Å². The van der Waals surface area contributed by atoms with E-state index in [1.165, 1.54) is 18.4 Å². The van der Waals surface area contributed by atoms with Gasteiger partial charge in [0.05, 0.1) is 0 Å². The maximum absolute atomic E-state index is 5.41. The van der Waals surface area contributed by atoms with Crippen LogP contribution in [-0.4, -0.2) is 48.1 Å². The van der Waals surface area contributed by atoms with E-state index in [1.54, 1.807) is 0 Å². The molecule has 0 bridgehead atoms. The van der Waals surface area contributed by atoms with Crippen molar-refractivity contribution in [3.05, 3.63) is 18.0 Å². The SMILES string of the molecule is CN1CCC(c2cnc(NCCN)nc2)CC1. The molecule has 0 unspecified atom stereocenters. The molecule has 0 aromatic carbocycles. The summed E-state index contributed by atoms with van der Waals surface area (Å²) in [4.78, 5) is 11.0. The van der Waals surface area contributed by atoms with Gasteiger partial charge < -0.3 is 16.0 Å². The van der Waals surface area contributed by atoms with Crippen molar-refractivity contribution in [2.75, 3.05) is 38.5 Å². The van der Waals surface area contributed by atoms with Gasteiger partial charge in [0.1, 0.15) is 0 Å². The Labute approximate surface area is 102 Å². The molecule has 1 aromatic heterocycles. The number of nitrogens with one attached hydrogen (secondary N) is 1. The largest absolute Gasteiger partial charge is 0.353 e. The maximum Gasteiger partial charge on any atom is 0.222 e. The van der Waals surface area contributed by atoms with Crippen LogP contribution < -0.4 is 11.1 Å². The Morgan fingerprint density at radius 3 is 2.59 bits per heavy atom. The zero-order chi connectivity index (χ0) is 12.1. The number of aromatic nitrogens is 2. The fraction of sp³-hybridized carbons (Fsp3) is 0.667. The Balaban J connectivity index is 1.93. The first-order valence-electron chi connectivity index (χ1n) is 6.24. The van der Waals surface area contributed by atoms with Crippen molar-refractivity contribution in [1.29, 1.82) is 0 Å². The van der Waals surface area contributed by atoms with Crippen molar-refractivity contribution in [2.45, 2.75) is 18.8 Å². The molecular formula is C12H21N5. The Bertz CT molecular complexity index is 329. The molecule has 1 aliphatic heterocycles. The normalized spacial score (nSPS) is 18.2. The Morgan fingerprint density at radius 1 is 1.35 bits per heavy atom. The molecule has 0 amide bonds. The first-order chi connectivity index (χ1) is 8.29. The van der Waals surface area contributed by atoms with Crippen LogP contribution in [0.25, 0.3) is 0 Å². The molecule has 1 fully saturated rings. The van der Waals surface area contributed by atoms with E-state index in [9.17, 15) is 0 Å². The third-order valence-corrected chi connectivity index (χ3v) is 3.29. The predicted octanol–water partition coefficient (Wildman–Crippen LogP) is 0.656. The average molecular weight is 235 g/mol. The highest BCUT2D eigenvalue weighted by atomic mass is 15.1. The number of rotatable bonds is 4. The summed E-state index contributed by atoms with van der Waals surface area (Å²) in [7, 11) is 2.17. The van der Waals surface area contributed by atoms with E-state index in [2.05, 4.69) is 27.2 Å². The number of anilines is 1. The van der Waals surface area contributed by atoms with E-state index in [-0.39, 0.29) is 0 Å². The van der Waals surface area contributed by atoms with Gasteiger partial charge in [-0.05, 0) is 44.5 Å². The summed E-state index contributed by atoms with van der Waals surface area (Å²) in [6.45, 7) is 3.64. The molecule has 1 aromatic rings. The summed E-state index contributed by atoms with van der Waals surface area (Å²) in [6, 6.07) is 0. The van der Waals surface area contributed by atoms with Gasteiger partial charge in [0.25, 0.3) is 0 Å². The van der Waals surface area contributed by atoms with Crippen LogP contribution in [0.4, 0.5) is 5.95 Å². The van der Waals surface area contributed by atoms with Gasteiger partial charge in [-0.3, -0.25) is 0 Å². The molecule has 5 heteroatoms. The average Bonchev–Trinajstić information content (AvgIpc) is 2.38. The first kappa shape index (κ1) is 12.3. The number of likely N-dealkylation sites (tertiary alicyclic amines) is 1. The molecule has 5 nitrogen and oxygen atoms in total. The molecule has 0 radical (unpaired) electrons. The van der Waals surface area contributed by atoms with E-state index in [1.807, 2.05) is 12.4 Å². The summed E-state index contributed by atoms with van der Waals surface area (Å²) >= 11 is 0. The minimum atomic E-state index is 0.597. The molecule has 1 saturated heterocycles. The fourth-order valence-corrected chi connectivity index (χ4v) is 2.17. The van der Waals surface area contributed by atoms with Gasteiger partial charge in [0.15, 0.2) is 0 Å². The van der Waals surface area contributed by atoms with Gasteiger partial charge in [-0.1, -0.05) is 0 Å². The highest BCUT2D eigenvalue weighted by Crippen LogP contribution is 2.26. The lowest BCUT2D eigenvalue weighted by Crippen LogP contribution is -2.29. The fourth-order valence-electron chi connectivity index (χ4n) is 2.17. The van der Waals surface area contributed by atoms with Crippen molar-refractivity contribution in [1.82, 2.24) is 14.9 Å². The molecule has 0 aliphatic carbocycles. The van der Waals surface area contributed by atoms with E-state index in [0.717, 1.165) is 13.1 Å². The smallest absolute Gasteiger partial charge is 0.222 e. The third kappa shape index (κ3) is 3.38. The molecule has 0 atom stereocenters. The lowest BCUT2D eigenvalue weighted by atomic mass is 9.92. The van der Waals surface area contributed by atoms with Crippen LogP contribution in [0, 0.1) is 0 Å². The predicted molar refractivity (Wildman–Crippen MR) is 69.0 cm³/mol. The van der Waals surface area contributed by atoms with Gasteiger partial charge in [0, 0.05) is 25.5 Å². The van der Waals surface area contributed by atoms with Crippen LogP contribution >= 0.6 is 0 Å². The lowest BCUT2D eigenvalue weighted by molar-refractivity contribution is 0.255. The summed E-state index contributed by atoms with van der Waals surface area (Å²) < 4.78 is 0. The standard InChI is InChI=1S/C12H21N5/c1-17-6-2-10(3-7-17)11-8-15-12(16-9-11)14-5-4-13/h8-10H,2-7,13H2,1H3,(H,14,15,16). The molecule has 0 spiro atoms. The first-order valence-corrected chi connectivity index (χ1v) is 6.24. The van der Waals surface area contributed by atoms with E-state index in [4.69, 9.17) is 5.73 Å². The van der Waals surface area contributed by atoms with Crippen LogP contribution in [0.1, 0.15) is 24.3 Å². The number of hydrogen-bond acceptors (Lipinski definition) is 5. The van der Waals surface area contributed by atoms with Gasteiger partial charge in [-0.25, -0.2) is 9.97 Å². The highest BCUT2D eigenvalue weighted by molar-refractivity contribution is 5.26. The van der Waals surface area contributed by atoms with E-state index >= 15 is 0 Å². The second-order valence-electron chi connectivity index (χ2n) is 4.63. The summed E-state index contributed by atoms with van der Waals surface area (Å²) in [5.41, 5.74) is 6.67. The summed E-state index contributed by atoms with van der Waals surface area (Å²) in [5.74, 6) is 1.29. The zero-order valence-corrected chi connectivity index (χ0v) is 10.4. The molecule has 94 valence electrons. The van der Waals surface area contributed by atoms with Gasteiger partial charge in [-0.2, -0.15) is 0 Å². The third-order valence-electron chi connectivity index (χ3n) is 3.29. The zero-order valence-electron chi connectivity index (χ0n) is 10.4. The summed E-state index contributed by atoms with van der Waals surface area (Å²) in [5, 5.41) is 3.08. The molecule has 0 saturated carbocycles. The molecule has 3 N–H and O–H groups in total. The van der Waals surface area contributed by atoms with Gasteiger partial charge >= 0.3 is 0 Å². The van der Waals surface area contributed by atoms with Crippen LogP contribution in [0.2, 0.25) is 0 Å². The Morgan fingerprint density at radius 2 is 2.00 bits per heavy atom. The number of nitrogens with zero attached hydrogens (tertiary/aromatic N) is 3. The second-order valence-corrected chi connectivity index (χ2v) is 4.63. The van der Waals surface area contributed by atoms with Crippen molar-refractivity contribution in [3.63, 3.8) is 0 Å². The van der Waals surface area contributed by atoms with Crippen LogP contribution in [0.3, 0.4) is 0 Å². The van der Waals surface area contributed by atoms with Gasteiger partial charge in [0.2, 0.25) is 5.95 Å². The molecule has 2 rings (SSSR count). The van der Waals surface area contributed by atoms with E-state index in [0.29, 0.717) is 25.0 Å². The van der Waals surface area contributed by atoms with Crippen molar-refractivity contribution in [3.8, 4) is 0 Å². The Hall–Kier alpha value is -1.20. The van der Waals surface area contributed by atoms with Crippen molar-refractivity contribution >= 4 is 5.95 Å².